The number of carbonyl (C=O) groups excluding carboxylic acids is 2. The van der Waals surface area contributed by atoms with Crippen LogP contribution in [0.15, 0.2) is 25.3 Å². The third-order valence-corrected chi connectivity index (χ3v) is 2.79. The summed E-state index contributed by atoms with van der Waals surface area (Å²) >= 11 is 0. The number of esters is 2. The highest BCUT2D eigenvalue weighted by Gasteiger charge is 2.54. The minimum Gasteiger partial charge on any atom is -0.465 e. The average molecular weight is 284 g/mol. The fourth-order valence-electron chi connectivity index (χ4n) is 1.94. The van der Waals surface area contributed by atoms with Crippen LogP contribution in [0, 0.1) is 5.41 Å². The molecule has 0 aliphatic carbocycles. The first-order valence-corrected chi connectivity index (χ1v) is 6.74. The summed E-state index contributed by atoms with van der Waals surface area (Å²) < 4.78 is 15.6. The Bertz CT molecular complexity index is 330. The molecule has 1 atom stereocenters. The second-order valence-corrected chi connectivity index (χ2v) is 4.02. The van der Waals surface area contributed by atoms with E-state index in [1.54, 1.807) is 20.8 Å². The van der Waals surface area contributed by atoms with Crippen molar-refractivity contribution in [1.29, 1.82) is 0 Å². The van der Waals surface area contributed by atoms with Gasteiger partial charge in [-0.2, -0.15) is 0 Å². The van der Waals surface area contributed by atoms with E-state index >= 15 is 0 Å². The Morgan fingerprint density at radius 2 is 1.55 bits per heavy atom. The Hall–Kier alpha value is -1.62. The summed E-state index contributed by atoms with van der Waals surface area (Å²) in [6, 6.07) is 0. The molecule has 0 rings (SSSR count). The van der Waals surface area contributed by atoms with Crippen molar-refractivity contribution in [2.75, 3.05) is 19.8 Å². The molecule has 1 unspecified atom stereocenters. The molecular formula is C15H24O5. The van der Waals surface area contributed by atoms with Gasteiger partial charge in [0.1, 0.15) is 6.10 Å². The van der Waals surface area contributed by atoms with Crippen LogP contribution in [0.25, 0.3) is 0 Å². The lowest BCUT2D eigenvalue weighted by Crippen LogP contribution is -2.51. The normalized spacial score (nSPS) is 12.3. The van der Waals surface area contributed by atoms with E-state index in [0.29, 0.717) is 6.61 Å². The molecule has 0 amide bonds. The minimum atomic E-state index is -1.59. The summed E-state index contributed by atoms with van der Waals surface area (Å²) in [6.07, 6.45) is 2.12. The fourth-order valence-corrected chi connectivity index (χ4v) is 1.94. The molecule has 0 saturated heterocycles. The van der Waals surface area contributed by atoms with Gasteiger partial charge in [-0.1, -0.05) is 12.2 Å². The largest absolute Gasteiger partial charge is 0.465 e. The van der Waals surface area contributed by atoms with Crippen molar-refractivity contribution in [3.05, 3.63) is 25.3 Å². The number of allylic oxidation sites excluding steroid dienone is 1. The van der Waals surface area contributed by atoms with Crippen LogP contribution in [0.4, 0.5) is 0 Å². The molecule has 0 fully saturated rings. The Kier molecular flexibility index (Phi) is 8.56. The molecule has 114 valence electrons. The molecule has 0 bridgehead atoms. The number of hydrogen-bond donors (Lipinski definition) is 0. The molecule has 0 aromatic carbocycles. The van der Waals surface area contributed by atoms with Gasteiger partial charge in [0.25, 0.3) is 0 Å². The maximum absolute atomic E-state index is 12.3. The zero-order valence-corrected chi connectivity index (χ0v) is 12.5. The van der Waals surface area contributed by atoms with Gasteiger partial charge in [0.15, 0.2) is 5.41 Å². The molecule has 0 spiro atoms. The maximum Gasteiger partial charge on any atom is 0.326 e. The zero-order valence-electron chi connectivity index (χ0n) is 12.5. The van der Waals surface area contributed by atoms with E-state index < -0.39 is 23.5 Å². The van der Waals surface area contributed by atoms with Gasteiger partial charge < -0.3 is 14.2 Å². The lowest BCUT2D eigenvalue weighted by atomic mass is 9.78. The molecule has 0 N–H and O–H groups in total. The fraction of sp³-hybridized carbons (Fsp3) is 0.600. The molecule has 0 aliphatic rings. The SMILES string of the molecule is C=CCC(C(=O)OCC)(C(=O)OCC)C(C=C)OCC. The van der Waals surface area contributed by atoms with Crippen LogP contribution in [0.1, 0.15) is 27.2 Å². The highest BCUT2D eigenvalue weighted by Crippen LogP contribution is 2.34. The van der Waals surface area contributed by atoms with Gasteiger partial charge in [0.2, 0.25) is 0 Å². The zero-order chi connectivity index (χ0) is 15.6. The first-order valence-electron chi connectivity index (χ1n) is 6.74. The maximum atomic E-state index is 12.3. The average Bonchev–Trinajstić information content (AvgIpc) is 2.43. The van der Waals surface area contributed by atoms with E-state index in [1.165, 1.54) is 12.2 Å². The second kappa shape index (κ2) is 9.31. The Morgan fingerprint density at radius 1 is 1.05 bits per heavy atom. The van der Waals surface area contributed by atoms with Crippen LogP contribution in [-0.2, 0) is 23.8 Å². The van der Waals surface area contributed by atoms with Crippen molar-refractivity contribution >= 4 is 11.9 Å². The lowest BCUT2D eigenvalue weighted by molar-refractivity contribution is -0.181. The predicted octanol–water partition coefficient (Wildman–Crippen LogP) is 2.27. The molecule has 0 aromatic rings. The lowest BCUT2D eigenvalue weighted by Gasteiger charge is -2.33. The van der Waals surface area contributed by atoms with Gasteiger partial charge in [-0.3, -0.25) is 9.59 Å². The number of hydrogen-bond acceptors (Lipinski definition) is 5. The van der Waals surface area contributed by atoms with E-state index in [4.69, 9.17) is 14.2 Å². The molecule has 0 aromatic heterocycles. The van der Waals surface area contributed by atoms with E-state index in [1.807, 2.05) is 0 Å². The third-order valence-electron chi connectivity index (χ3n) is 2.79. The molecule has 20 heavy (non-hydrogen) atoms. The van der Waals surface area contributed by atoms with Crippen LogP contribution >= 0.6 is 0 Å². The number of ether oxygens (including phenoxy) is 3. The predicted molar refractivity (Wildman–Crippen MR) is 76.1 cm³/mol. The van der Waals surface area contributed by atoms with Crippen LogP contribution in [0.5, 0.6) is 0 Å². The number of carbonyl (C=O) groups is 2. The van der Waals surface area contributed by atoms with E-state index in [0.717, 1.165) is 0 Å². The van der Waals surface area contributed by atoms with Crippen LogP contribution in [-0.4, -0.2) is 37.9 Å². The summed E-state index contributed by atoms with van der Waals surface area (Å²) in [5.41, 5.74) is -1.59. The van der Waals surface area contributed by atoms with E-state index in [2.05, 4.69) is 13.2 Å². The van der Waals surface area contributed by atoms with Gasteiger partial charge in [-0.05, 0) is 27.2 Å². The van der Waals surface area contributed by atoms with Crippen molar-refractivity contribution < 1.29 is 23.8 Å². The van der Waals surface area contributed by atoms with Crippen molar-refractivity contribution in [3.63, 3.8) is 0 Å². The van der Waals surface area contributed by atoms with Crippen LogP contribution < -0.4 is 0 Å². The van der Waals surface area contributed by atoms with Crippen molar-refractivity contribution in [2.24, 2.45) is 5.41 Å². The second-order valence-electron chi connectivity index (χ2n) is 4.02. The quantitative estimate of drug-likeness (QED) is 0.350. The van der Waals surface area contributed by atoms with Crippen LogP contribution in [0.2, 0.25) is 0 Å². The molecule has 5 heteroatoms. The first-order chi connectivity index (χ1) is 9.54. The molecule has 5 nitrogen and oxygen atoms in total. The molecule has 0 heterocycles. The third kappa shape index (κ3) is 3.93. The van der Waals surface area contributed by atoms with Gasteiger partial charge in [-0.15, -0.1) is 13.2 Å². The minimum absolute atomic E-state index is 0.0569. The summed E-state index contributed by atoms with van der Waals surface area (Å²) in [5, 5.41) is 0. The first kappa shape index (κ1) is 18.4. The summed E-state index contributed by atoms with van der Waals surface area (Å²) in [4.78, 5) is 24.7. The van der Waals surface area contributed by atoms with Gasteiger partial charge in [-0.25, -0.2) is 0 Å². The van der Waals surface area contributed by atoms with Gasteiger partial charge >= 0.3 is 11.9 Å². The standard InChI is InChI=1S/C15H24O5/c1-6-11-15(13(16)19-9-4,14(17)20-10-5)12(7-2)18-8-3/h6-7,12H,1-2,8-11H2,3-5H3. The Balaban J connectivity index is 5.75. The van der Waals surface area contributed by atoms with Crippen molar-refractivity contribution in [2.45, 2.75) is 33.3 Å². The molecule has 0 saturated carbocycles. The molecule has 0 radical (unpaired) electrons. The van der Waals surface area contributed by atoms with E-state index in [-0.39, 0.29) is 19.6 Å². The Morgan fingerprint density at radius 3 is 1.85 bits per heavy atom. The smallest absolute Gasteiger partial charge is 0.326 e. The monoisotopic (exact) mass is 284 g/mol. The van der Waals surface area contributed by atoms with Crippen LogP contribution in [0.3, 0.4) is 0 Å². The molecular weight excluding hydrogens is 260 g/mol. The summed E-state index contributed by atoms with van der Waals surface area (Å²) in [7, 11) is 0. The Labute approximate surface area is 120 Å². The highest BCUT2D eigenvalue weighted by molar-refractivity contribution is 6.01. The summed E-state index contributed by atoms with van der Waals surface area (Å²) in [5.74, 6) is -1.37. The topological polar surface area (TPSA) is 61.8 Å². The van der Waals surface area contributed by atoms with Crippen molar-refractivity contribution in [3.8, 4) is 0 Å². The number of rotatable bonds is 10. The molecule has 0 aliphatic heterocycles. The highest BCUT2D eigenvalue weighted by atomic mass is 16.6. The van der Waals surface area contributed by atoms with Gasteiger partial charge in [0.05, 0.1) is 13.2 Å². The van der Waals surface area contributed by atoms with Gasteiger partial charge in [0, 0.05) is 6.61 Å². The summed E-state index contributed by atoms with van der Waals surface area (Å²) in [6.45, 7) is 13.0. The van der Waals surface area contributed by atoms with E-state index in [9.17, 15) is 9.59 Å². The van der Waals surface area contributed by atoms with Crippen molar-refractivity contribution in [1.82, 2.24) is 0 Å².